The van der Waals surface area contributed by atoms with Gasteiger partial charge in [0.05, 0.1) is 17.5 Å². The Morgan fingerprint density at radius 3 is 3.04 bits per heavy atom. The molecule has 1 fully saturated rings. The second-order valence-corrected chi connectivity index (χ2v) is 7.93. The number of hydrogen-bond donors (Lipinski definition) is 2. The average molecular weight is 383 g/mol. The molecule has 3 aromatic rings. The van der Waals surface area contributed by atoms with Crippen molar-refractivity contribution in [2.75, 3.05) is 33.3 Å². The van der Waals surface area contributed by atoms with Crippen LogP contribution < -0.4 is 16.0 Å². The smallest absolute Gasteiger partial charge is 0.262 e. The molecule has 4 rings (SSSR count). The number of ether oxygens (including phenoxy) is 1. The molecule has 0 bridgehead atoms. The van der Waals surface area contributed by atoms with Gasteiger partial charge in [0.15, 0.2) is 0 Å². The number of nitrogens with one attached hydrogen (secondary N) is 1. The molecule has 1 saturated heterocycles. The van der Waals surface area contributed by atoms with Crippen LogP contribution in [0.2, 0.25) is 0 Å². The van der Waals surface area contributed by atoms with Gasteiger partial charge >= 0.3 is 0 Å². The van der Waals surface area contributed by atoms with E-state index in [0.29, 0.717) is 36.5 Å². The number of fused-ring (bicyclic) bond motifs is 3. The standard InChI is InChI=1S/C21H29N5O2/c1-14-19-20(24-23-14)17-11-16(28-13-15-5-3-9-25(2)12-15)6-7-18(17)26(21(19)27)10-4-8-22/h6-7,11,15H,3-5,8-10,12-13,22H2,1-2H3,(H,23,24). The van der Waals surface area contributed by atoms with E-state index in [2.05, 4.69) is 22.1 Å². The molecule has 28 heavy (non-hydrogen) atoms. The molecular weight excluding hydrogens is 354 g/mol. The maximum Gasteiger partial charge on any atom is 0.262 e. The molecule has 7 heteroatoms. The Labute approximate surface area is 164 Å². The van der Waals surface area contributed by atoms with Gasteiger partial charge in [-0.3, -0.25) is 9.89 Å². The first-order valence-electron chi connectivity index (χ1n) is 10.1. The highest BCUT2D eigenvalue weighted by Crippen LogP contribution is 2.27. The summed E-state index contributed by atoms with van der Waals surface area (Å²) >= 11 is 0. The number of piperidine rings is 1. The van der Waals surface area contributed by atoms with Crippen LogP contribution in [0.1, 0.15) is 25.0 Å². The Morgan fingerprint density at radius 2 is 2.25 bits per heavy atom. The molecular formula is C21H29N5O2. The summed E-state index contributed by atoms with van der Waals surface area (Å²) in [6.45, 7) is 5.99. The summed E-state index contributed by atoms with van der Waals surface area (Å²) in [6, 6.07) is 5.94. The van der Waals surface area contributed by atoms with Gasteiger partial charge in [-0.25, -0.2) is 0 Å². The summed E-state index contributed by atoms with van der Waals surface area (Å²) in [5.74, 6) is 1.38. The minimum absolute atomic E-state index is 0.0129. The van der Waals surface area contributed by atoms with Crippen LogP contribution in [0.15, 0.2) is 23.0 Å². The third-order valence-electron chi connectivity index (χ3n) is 5.71. The van der Waals surface area contributed by atoms with Crippen molar-refractivity contribution in [2.24, 2.45) is 11.7 Å². The van der Waals surface area contributed by atoms with Crippen LogP contribution >= 0.6 is 0 Å². The summed E-state index contributed by atoms with van der Waals surface area (Å²) < 4.78 is 7.95. The summed E-state index contributed by atoms with van der Waals surface area (Å²) in [5, 5.41) is 8.96. The van der Waals surface area contributed by atoms with E-state index in [0.717, 1.165) is 35.3 Å². The molecule has 1 unspecified atom stereocenters. The SMILES string of the molecule is Cc1[nH]nc2c1c(=O)n(CCCN)c1ccc(OCC3CCCN(C)C3)cc21. The molecule has 1 aromatic carbocycles. The highest BCUT2D eigenvalue weighted by Gasteiger charge is 2.19. The lowest BCUT2D eigenvalue weighted by Crippen LogP contribution is -2.34. The van der Waals surface area contributed by atoms with E-state index in [-0.39, 0.29) is 5.56 Å². The molecule has 3 heterocycles. The van der Waals surface area contributed by atoms with Crippen molar-refractivity contribution in [2.45, 2.75) is 32.7 Å². The van der Waals surface area contributed by atoms with E-state index in [1.807, 2.05) is 29.7 Å². The van der Waals surface area contributed by atoms with Gasteiger partial charge in [-0.1, -0.05) is 0 Å². The zero-order valence-corrected chi connectivity index (χ0v) is 16.7. The Balaban J connectivity index is 1.70. The fourth-order valence-electron chi connectivity index (χ4n) is 4.25. The first-order valence-corrected chi connectivity index (χ1v) is 10.1. The first kappa shape index (κ1) is 19.0. The van der Waals surface area contributed by atoms with Crippen molar-refractivity contribution in [3.05, 3.63) is 34.2 Å². The number of benzene rings is 1. The van der Waals surface area contributed by atoms with E-state index in [1.165, 1.54) is 19.4 Å². The van der Waals surface area contributed by atoms with Crippen LogP contribution in [0.5, 0.6) is 5.75 Å². The van der Waals surface area contributed by atoms with Crippen LogP contribution in [0.25, 0.3) is 21.8 Å². The normalized spacial score (nSPS) is 18.2. The lowest BCUT2D eigenvalue weighted by atomic mass is 9.99. The molecule has 0 spiro atoms. The van der Waals surface area contributed by atoms with Crippen molar-refractivity contribution in [3.8, 4) is 5.75 Å². The number of hydrogen-bond acceptors (Lipinski definition) is 5. The van der Waals surface area contributed by atoms with Crippen molar-refractivity contribution >= 4 is 21.8 Å². The summed E-state index contributed by atoms with van der Waals surface area (Å²) in [5.41, 5.74) is 8.05. The quantitative estimate of drug-likeness (QED) is 0.682. The van der Waals surface area contributed by atoms with E-state index in [4.69, 9.17) is 10.5 Å². The molecule has 0 radical (unpaired) electrons. The second kappa shape index (κ2) is 7.93. The van der Waals surface area contributed by atoms with Gasteiger partial charge in [0.2, 0.25) is 0 Å². The molecule has 0 saturated carbocycles. The fraction of sp³-hybridized carbons (Fsp3) is 0.524. The monoisotopic (exact) mass is 383 g/mol. The number of likely N-dealkylation sites (tertiary alicyclic amines) is 1. The van der Waals surface area contributed by atoms with Gasteiger partial charge in [-0.05, 0) is 64.5 Å². The molecule has 150 valence electrons. The number of pyridine rings is 1. The maximum absolute atomic E-state index is 13.0. The van der Waals surface area contributed by atoms with Crippen LogP contribution in [0.3, 0.4) is 0 Å². The molecule has 1 aliphatic heterocycles. The molecule has 3 N–H and O–H groups in total. The zero-order valence-electron chi connectivity index (χ0n) is 16.7. The number of aryl methyl sites for hydroxylation is 2. The Hall–Kier alpha value is -2.38. The number of nitrogens with zero attached hydrogens (tertiary/aromatic N) is 3. The summed E-state index contributed by atoms with van der Waals surface area (Å²) in [6.07, 6.45) is 3.19. The largest absolute Gasteiger partial charge is 0.493 e. The zero-order chi connectivity index (χ0) is 19.7. The van der Waals surface area contributed by atoms with Crippen LogP contribution in [0.4, 0.5) is 0 Å². The number of aromatic amines is 1. The lowest BCUT2D eigenvalue weighted by Gasteiger charge is -2.29. The average Bonchev–Trinajstić information content (AvgIpc) is 3.08. The molecule has 2 aromatic heterocycles. The molecule has 1 atom stereocenters. The summed E-state index contributed by atoms with van der Waals surface area (Å²) in [7, 11) is 2.17. The van der Waals surface area contributed by atoms with Crippen LogP contribution in [-0.4, -0.2) is 53.0 Å². The van der Waals surface area contributed by atoms with Crippen molar-refractivity contribution in [1.29, 1.82) is 0 Å². The Morgan fingerprint density at radius 1 is 1.39 bits per heavy atom. The second-order valence-electron chi connectivity index (χ2n) is 7.93. The predicted molar refractivity (Wildman–Crippen MR) is 112 cm³/mol. The van der Waals surface area contributed by atoms with Crippen molar-refractivity contribution < 1.29 is 4.74 Å². The molecule has 0 amide bonds. The predicted octanol–water partition coefficient (Wildman–Crippen LogP) is 2.26. The minimum Gasteiger partial charge on any atom is -0.493 e. The van der Waals surface area contributed by atoms with E-state index < -0.39 is 0 Å². The number of H-pyrrole nitrogens is 1. The number of rotatable bonds is 6. The van der Waals surface area contributed by atoms with Gasteiger partial charge < -0.3 is 19.9 Å². The van der Waals surface area contributed by atoms with Crippen molar-refractivity contribution in [3.63, 3.8) is 0 Å². The number of nitrogens with two attached hydrogens (primary N) is 1. The van der Waals surface area contributed by atoms with Gasteiger partial charge in [0.1, 0.15) is 11.3 Å². The van der Waals surface area contributed by atoms with Crippen molar-refractivity contribution in [1.82, 2.24) is 19.7 Å². The fourth-order valence-corrected chi connectivity index (χ4v) is 4.25. The van der Waals surface area contributed by atoms with Crippen LogP contribution in [0, 0.1) is 12.8 Å². The molecule has 1 aliphatic rings. The highest BCUT2D eigenvalue weighted by atomic mass is 16.5. The van der Waals surface area contributed by atoms with E-state index >= 15 is 0 Å². The third-order valence-corrected chi connectivity index (χ3v) is 5.71. The first-order chi connectivity index (χ1) is 13.6. The van der Waals surface area contributed by atoms with Gasteiger partial charge in [-0.15, -0.1) is 0 Å². The highest BCUT2D eigenvalue weighted by molar-refractivity contribution is 6.04. The van der Waals surface area contributed by atoms with Gasteiger partial charge in [0.25, 0.3) is 5.56 Å². The third kappa shape index (κ3) is 3.52. The van der Waals surface area contributed by atoms with Crippen LogP contribution in [-0.2, 0) is 6.54 Å². The van der Waals surface area contributed by atoms with Gasteiger partial charge in [-0.2, -0.15) is 5.10 Å². The topological polar surface area (TPSA) is 89.2 Å². The van der Waals surface area contributed by atoms with E-state index in [1.54, 1.807) is 0 Å². The Bertz CT molecular complexity index is 1040. The lowest BCUT2D eigenvalue weighted by molar-refractivity contribution is 0.150. The minimum atomic E-state index is -0.0129. The maximum atomic E-state index is 13.0. The van der Waals surface area contributed by atoms with Gasteiger partial charge in [0, 0.05) is 30.1 Å². The number of aromatic nitrogens is 3. The Kier molecular flexibility index (Phi) is 5.37. The summed E-state index contributed by atoms with van der Waals surface area (Å²) in [4.78, 5) is 15.4. The molecule has 7 nitrogen and oxygen atoms in total. The van der Waals surface area contributed by atoms with E-state index in [9.17, 15) is 4.79 Å². The molecule has 0 aliphatic carbocycles.